The minimum absolute atomic E-state index is 0.0535. The van der Waals surface area contributed by atoms with E-state index in [1.807, 2.05) is 6.08 Å². The Balaban J connectivity index is 1.44. The molecule has 1 aromatic heterocycles. The van der Waals surface area contributed by atoms with Gasteiger partial charge in [-0.25, -0.2) is 4.39 Å². The van der Waals surface area contributed by atoms with E-state index in [1.54, 1.807) is 6.08 Å². The molecule has 3 heterocycles. The Labute approximate surface area is 178 Å². The summed E-state index contributed by atoms with van der Waals surface area (Å²) in [5, 5.41) is 4.93. The topological polar surface area (TPSA) is 27.5 Å². The first kappa shape index (κ1) is 19.5. The molecule has 1 aromatic carbocycles. The molecule has 3 aliphatic rings. The number of piperazine rings is 1. The van der Waals surface area contributed by atoms with Crippen LogP contribution in [0, 0.1) is 0 Å². The summed E-state index contributed by atoms with van der Waals surface area (Å²) < 4.78 is 16.8. The van der Waals surface area contributed by atoms with Crippen molar-refractivity contribution in [3.8, 4) is 0 Å². The predicted octanol–water partition coefficient (Wildman–Crippen LogP) is 3.53. The molecule has 2 aliphatic heterocycles. The van der Waals surface area contributed by atoms with Gasteiger partial charge in [0.25, 0.3) is 0 Å². The van der Waals surface area contributed by atoms with Crippen molar-refractivity contribution in [2.24, 2.45) is 0 Å². The zero-order chi connectivity index (χ0) is 20.7. The Bertz CT molecular complexity index is 983. The van der Waals surface area contributed by atoms with E-state index < -0.39 is 0 Å². The van der Waals surface area contributed by atoms with E-state index in [4.69, 9.17) is 5.10 Å². The Morgan fingerprint density at radius 3 is 2.70 bits per heavy atom. The molecule has 6 heteroatoms. The van der Waals surface area contributed by atoms with E-state index >= 15 is 0 Å². The third kappa shape index (κ3) is 3.70. The summed E-state index contributed by atoms with van der Waals surface area (Å²) in [5.74, 6) is -0.277. The van der Waals surface area contributed by atoms with Crippen molar-refractivity contribution >= 4 is 5.69 Å². The minimum Gasteiger partial charge on any atom is -0.369 e. The summed E-state index contributed by atoms with van der Waals surface area (Å²) in [5.41, 5.74) is 5.87. The van der Waals surface area contributed by atoms with Crippen molar-refractivity contribution in [2.45, 2.75) is 32.0 Å². The molecule has 2 aromatic rings. The highest BCUT2D eigenvalue weighted by Crippen LogP contribution is 2.38. The van der Waals surface area contributed by atoms with E-state index in [2.05, 4.69) is 63.8 Å². The van der Waals surface area contributed by atoms with Crippen molar-refractivity contribution < 1.29 is 4.39 Å². The molecule has 1 aliphatic carbocycles. The zero-order valence-electron chi connectivity index (χ0n) is 17.9. The molecule has 0 radical (unpaired) electrons. The number of likely N-dealkylation sites (N-methyl/N-ethyl adjacent to an activating group) is 1. The van der Waals surface area contributed by atoms with Crippen LogP contribution in [0.4, 0.5) is 10.1 Å². The summed E-state index contributed by atoms with van der Waals surface area (Å²) in [6, 6.07) is 8.77. The standard InChI is InChI=1S/C24H30FN5/c1-27-10-12-29(13-11-27)19-7-5-6-18(14-19)15-30-24(20-8-3-4-9-22(20)25)21-16-28(2)17-23(21)26-30/h3-7,9,14,20H,8,10-13,15-17H2,1-2H3. The summed E-state index contributed by atoms with van der Waals surface area (Å²) in [6.45, 7) is 6.66. The molecule has 0 spiro atoms. The van der Waals surface area contributed by atoms with Crippen LogP contribution in [-0.2, 0) is 19.6 Å². The van der Waals surface area contributed by atoms with Crippen LogP contribution < -0.4 is 4.90 Å². The van der Waals surface area contributed by atoms with E-state index in [0.29, 0.717) is 13.0 Å². The van der Waals surface area contributed by atoms with Gasteiger partial charge < -0.3 is 9.80 Å². The highest BCUT2D eigenvalue weighted by atomic mass is 19.1. The van der Waals surface area contributed by atoms with Crippen molar-refractivity contribution in [3.05, 3.63) is 70.8 Å². The summed E-state index contributed by atoms with van der Waals surface area (Å²) in [7, 11) is 4.28. The van der Waals surface area contributed by atoms with Crippen LogP contribution in [0.3, 0.4) is 0 Å². The zero-order valence-corrected chi connectivity index (χ0v) is 17.9. The number of aromatic nitrogens is 2. The highest BCUT2D eigenvalue weighted by Gasteiger charge is 2.32. The first-order valence-electron chi connectivity index (χ1n) is 10.9. The number of halogens is 1. The lowest BCUT2D eigenvalue weighted by Crippen LogP contribution is -2.44. The number of allylic oxidation sites excluding steroid dienone is 4. The molecule has 0 N–H and O–H groups in total. The number of hydrogen-bond donors (Lipinski definition) is 0. The van der Waals surface area contributed by atoms with Gasteiger partial charge in [0.2, 0.25) is 0 Å². The number of anilines is 1. The lowest BCUT2D eigenvalue weighted by Gasteiger charge is -2.34. The van der Waals surface area contributed by atoms with E-state index in [9.17, 15) is 4.39 Å². The second-order valence-electron chi connectivity index (χ2n) is 8.87. The molecule has 158 valence electrons. The van der Waals surface area contributed by atoms with Gasteiger partial charge in [0.05, 0.1) is 23.9 Å². The van der Waals surface area contributed by atoms with Gasteiger partial charge in [-0.15, -0.1) is 0 Å². The van der Waals surface area contributed by atoms with Crippen LogP contribution in [0.15, 0.2) is 48.3 Å². The van der Waals surface area contributed by atoms with Crippen molar-refractivity contribution in [2.75, 3.05) is 45.2 Å². The molecule has 5 rings (SSSR count). The monoisotopic (exact) mass is 407 g/mol. The first-order chi connectivity index (χ1) is 14.6. The highest BCUT2D eigenvalue weighted by molar-refractivity contribution is 5.49. The fourth-order valence-corrected chi connectivity index (χ4v) is 4.89. The molecule has 1 fully saturated rings. The number of benzene rings is 1. The molecule has 30 heavy (non-hydrogen) atoms. The van der Waals surface area contributed by atoms with Gasteiger partial charge in [0, 0.05) is 50.5 Å². The van der Waals surface area contributed by atoms with Gasteiger partial charge in [0.15, 0.2) is 0 Å². The van der Waals surface area contributed by atoms with Gasteiger partial charge in [0.1, 0.15) is 5.83 Å². The average Bonchev–Trinajstić information content (AvgIpc) is 3.24. The number of hydrogen-bond acceptors (Lipinski definition) is 4. The van der Waals surface area contributed by atoms with Crippen LogP contribution >= 0.6 is 0 Å². The molecule has 1 saturated heterocycles. The normalized spacial score (nSPS) is 22.4. The third-order valence-corrected chi connectivity index (χ3v) is 6.56. The molecule has 0 amide bonds. The van der Waals surface area contributed by atoms with Crippen molar-refractivity contribution in [1.29, 1.82) is 0 Å². The quantitative estimate of drug-likeness (QED) is 0.775. The summed E-state index contributed by atoms with van der Waals surface area (Å²) >= 11 is 0. The van der Waals surface area contributed by atoms with Crippen LogP contribution in [-0.4, -0.2) is 59.9 Å². The van der Waals surface area contributed by atoms with Crippen LogP contribution in [0.25, 0.3) is 0 Å². The lowest BCUT2D eigenvalue weighted by atomic mass is 9.92. The Morgan fingerprint density at radius 2 is 1.90 bits per heavy atom. The lowest BCUT2D eigenvalue weighted by molar-refractivity contribution is 0.313. The summed E-state index contributed by atoms with van der Waals surface area (Å²) in [6.07, 6.45) is 6.18. The minimum atomic E-state index is -0.224. The van der Waals surface area contributed by atoms with Crippen LogP contribution in [0.2, 0.25) is 0 Å². The van der Waals surface area contributed by atoms with E-state index in [1.165, 1.54) is 16.8 Å². The number of rotatable bonds is 4. The number of nitrogens with zero attached hydrogens (tertiary/aromatic N) is 5. The maximum Gasteiger partial charge on any atom is 0.109 e. The number of fused-ring (bicyclic) bond motifs is 1. The van der Waals surface area contributed by atoms with Gasteiger partial charge in [-0.05, 0) is 44.3 Å². The van der Waals surface area contributed by atoms with Crippen LogP contribution in [0.1, 0.15) is 34.9 Å². The fourth-order valence-electron chi connectivity index (χ4n) is 4.89. The van der Waals surface area contributed by atoms with Gasteiger partial charge in [-0.2, -0.15) is 5.10 Å². The van der Waals surface area contributed by atoms with Crippen molar-refractivity contribution in [1.82, 2.24) is 19.6 Å². The first-order valence-corrected chi connectivity index (χ1v) is 10.9. The second kappa shape index (κ2) is 8.00. The second-order valence-corrected chi connectivity index (χ2v) is 8.87. The molecule has 0 saturated carbocycles. The molecular weight excluding hydrogens is 377 g/mol. The molecule has 1 atom stereocenters. The van der Waals surface area contributed by atoms with E-state index in [0.717, 1.165) is 50.7 Å². The maximum atomic E-state index is 14.8. The summed E-state index contributed by atoms with van der Waals surface area (Å²) in [4.78, 5) is 7.08. The van der Waals surface area contributed by atoms with Gasteiger partial charge in [-0.1, -0.05) is 24.3 Å². The Hall–Kier alpha value is -2.44. The molecular formula is C24H30FN5. The Kier molecular flexibility index (Phi) is 5.21. The molecule has 0 bridgehead atoms. The smallest absolute Gasteiger partial charge is 0.109 e. The van der Waals surface area contributed by atoms with Gasteiger partial charge >= 0.3 is 0 Å². The average molecular weight is 408 g/mol. The molecule has 5 nitrogen and oxygen atoms in total. The predicted molar refractivity (Wildman–Crippen MR) is 118 cm³/mol. The third-order valence-electron chi connectivity index (χ3n) is 6.56. The molecule has 1 unspecified atom stereocenters. The fraction of sp³-hybridized carbons (Fsp3) is 0.458. The maximum absolute atomic E-state index is 14.8. The van der Waals surface area contributed by atoms with Crippen molar-refractivity contribution in [3.63, 3.8) is 0 Å². The largest absolute Gasteiger partial charge is 0.369 e. The van der Waals surface area contributed by atoms with Gasteiger partial charge in [-0.3, -0.25) is 9.58 Å². The Morgan fingerprint density at radius 1 is 1.07 bits per heavy atom. The van der Waals surface area contributed by atoms with Crippen LogP contribution in [0.5, 0.6) is 0 Å². The van der Waals surface area contributed by atoms with E-state index in [-0.39, 0.29) is 11.7 Å². The SMILES string of the molecule is CN1CCN(c2cccc(Cn3nc4c(c3C3CC=CC=C3F)CN(C)C4)c2)CC1.